The second kappa shape index (κ2) is 33.1. The van der Waals surface area contributed by atoms with E-state index in [4.69, 9.17) is 33.2 Å². The lowest BCUT2D eigenvalue weighted by Gasteiger charge is -2.34. The van der Waals surface area contributed by atoms with E-state index in [1.165, 1.54) is 69.7 Å². The number of ether oxygens (including phenoxy) is 7. The first-order chi connectivity index (χ1) is 43.2. The normalized spacial score (nSPS) is 18.4. The molecular formula is C70H96F2N4O15. The third kappa shape index (κ3) is 22.2. The molecule has 1 N–H and O–H groups in total. The number of likely N-dealkylation sites (N-methyl/N-ethyl adjacent to an activating group) is 4. The number of alkyl halides is 2. The van der Waals surface area contributed by atoms with Crippen molar-refractivity contribution in [3.05, 3.63) is 107 Å². The van der Waals surface area contributed by atoms with E-state index >= 15 is 4.39 Å². The van der Waals surface area contributed by atoms with Gasteiger partial charge in [-0.2, -0.15) is 0 Å². The molecule has 2 saturated carbocycles. The summed E-state index contributed by atoms with van der Waals surface area (Å²) in [5.74, 6) is -6.40. The van der Waals surface area contributed by atoms with E-state index in [-0.39, 0.29) is 57.0 Å². The zero-order valence-corrected chi connectivity index (χ0v) is 54.8. The summed E-state index contributed by atoms with van der Waals surface area (Å²) >= 11 is 0. The molecule has 500 valence electrons. The van der Waals surface area contributed by atoms with Crippen LogP contribution in [0.5, 0.6) is 0 Å². The van der Waals surface area contributed by atoms with Crippen LogP contribution in [0.25, 0.3) is 0 Å². The van der Waals surface area contributed by atoms with Crippen molar-refractivity contribution in [3.8, 4) is 0 Å². The number of hydrogen-bond acceptors (Lipinski definition) is 16. The summed E-state index contributed by atoms with van der Waals surface area (Å²) in [6.07, 6.45) is 0.0382. The van der Waals surface area contributed by atoms with Gasteiger partial charge in [-0.1, -0.05) is 105 Å². The van der Waals surface area contributed by atoms with E-state index in [0.717, 1.165) is 88.3 Å². The van der Waals surface area contributed by atoms with Gasteiger partial charge in [-0.05, 0) is 151 Å². The van der Waals surface area contributed by atoms with Crippen molar-refractivity contribution in [2.45, 2.75) is 216 Å². The molecule has 3 aromatic rings. The van der Waals surface area contributed by atoms with E-state index in [1.807, 2.05) is 54.6 Å². The number of nitrogens with one attached hydrogen (secondary N) is 1. The minimum Gasteiger partial charge on any atom is -0.458 e. The van der Waals surface area contributed by atoms with Gasteiger partial charge < -0.3 is 53.2 Å². The van der Waals surface area contributed by atoms with Crippen LogP contribution in [0.3, 0.4) is 0 Å². The Morgan fingerprint density at radius 3 is 1.43 bits per heavy atom. The van der Waals surface area contributed by atoms with Crippen molar-refractivity contribution in [3.63, 3.8) is 0 Å². The van der Waals surface area contributed by atoms with Gasteiger partial charge in [-0.25, -0.2) is 28.0 Å². The van der Waals surface area contributed by atoms with E-state index in [0.29, 0.717) is 43.8 Å². The predicted molar refractivity (Wildman–Crippen MR) is 334 cm³/mol. The Balaban J connectivity index is 1.09. The SMILES string of the molecule is CN[C@@H](CC(C)(C)F)C(=O)O[C@H](Cc1ccc(C2CCOCC2)cc1)C(=O)N(C)[C@@H](CC1CC1)C(=O)O[C@H](C)C(=O)N(C)[C@@H](CC(C)(C)F)C(=O)O[C@H](CCc1ccc(C2CCOCC2)cc1)C(=O)N(C)[C@@H](CC1CC1)C(=O)O[C@H](C)C(=O)OCc1ccccc1. The molecule has 2 aliphatic carbocycles. The van der Waals surface area contributed by atoms with Crippen molar-refractivity contribution < 1.29 is 80.3 Å². The van der Waals surface area contributed by atoms with Gasteiger partial charge in [0.1, 0.15) is 42.1 Å². The molecule has 19 nitrogen and oxygen atoms in total. The zero-order valence-electron chi connectivity index (χ0n) is 54.8. The lowest BCUT2D eigenvalue weighted by Crippen LogP contribution is -2.54. The Kier molecular flexibility index (Phi) is 26.1. The number of hydrogen-bond donors (Lipinski definition) is 1. The Morgan fingerprint density at radius 1 is 0.516 bits per heavy atom. The Morgan fingerprint density at radius 2 is 0.956 bits per heavy atom. The third-order valence-electron chi connectivity index (χ3n) is 17.8. The number of aryl methyl sites for hydroxylation is 1. The molecule has 0 unspecified atom stereocenters. The van der Waals surface area contributed by atoms with E-state index < -0.39 is 114 Å². The summed E-state index contributed by atoms with van der Waals surface area (Å²) in [5, 5.41) is 2.80. The molecule has 3 aromatic carbocycles. The first kappa shape index (κ1) is 71.6. The van der Waals surface area contributed by atoms with Gasteiger partial charge in [0.15, 0.2) is 24.4 Å². The largest absolute Gasteiger partial charge is 0.458 e. The minimum atomic E-state index is -2.11. The van der Waals surface area contributed by atoms with Gasteiger partial charge in [-0.3, -0.25) is 19.2 Å². The van der Waals surface area contributed by atoms with Crippen LogP contribution in [0.2, 0.25) is 0 Å². The van der Waals surface area contributed by atoms with Crippen LogP contribution >= 0.6 is 0 Å². The maximum absolute atomic E-state index is 16.0. The van der Waals surface area contributed by atoms with Crippen molar-refractivity contribution in [1.29, 1.82) is 0 Å². The molecule has 2 aliphatic heterocycles. The average Bonchev–Trinajstić information content (AvgIpc) is 2.08. The molecule has 3 amide bonds. The van der Waals surface area contributed by atoms with Crippen LogP contribution in [0.15, 0.2) is 78.9 Å². The second-order valence-corrected chi connectivity index (χ2v) is 26.5. The summed E-state index contributed by atoms with van der Waals surface area (Å²) in [5.41, 5.74) is 0.561. The van der Waals surface area contributed by atoms with Gasteiger partial charge >= 0.3 is 29.8 Å². The van der Waals surface area contributed by atoms with Crippen molar-refractivity contribution in [2.75, 3.05) is 54.6 Å². The average molecular weight is 1270 g/mol. The molecule has 4 fully saturated rings. The van der Waals surface area contributed by atoms with Crippen LogP contribution in [-0.2, 0) is 91.0 Å². The molecule has 2 saturated heterocycles. The zero-order chi connectivity index (χ0) is 66.2. The van der Waals surface area contributed by atoms with Crippen LogP contribution in [0.4, 0.5) is 8.78 Å². The van der Waals surface area contributed by atoms with Gasteiger partial charge in [-0.15, -0.1) is 0 Å². The first-order valence-electron chi connectivity index (χ1n) is 32.4. The number of amides is 3. The molecule has 7 rings (SSSR count). The molecule has 91 heavy (non-hydrogen) atoms. The van der Waals surface area contributed by atoms with Crippen LogP contribution in [-0.4, -0.2) is 177 Å². The van der Waals surface area contributed by atoms with Crippen LogP contribution < -0.4 is 5.32 Å². The second-order valence-electron chi connectivity index (χ2n) is 26.5. The van der Waals surface area contributed by atoms with E-state index in [1.54, 1.807) is 24.3 Å². The quantitative estimate of drug-likeness (QED) is 0.0444. The van der Waals surface area contributed by atoms with Gasteiger partial charge in [0.05, 0.1) is 0 Å². The lowest BCUT2D eigenvalue weighted by molar-refractivity contribution is -0.176. The number of carbonyl (C=O) groups excluding carboxylic acids is 8. The van der Waals surface area contributed by atoms with Crippen molar-refractivity contribution in [1.82, 2.24) is 20.0 Å². The predicted octanol–water partition coefficient (Wildman–Crippen LogP) is 9.03. The molecule has 0 bridgehead atoms. The third-order valence-corrected chi connectivity index (χ3v) is 17.8. The van der Waals surface area contributed by atoms with Gasteiger partial charge in [0, 0.05) is 66.8 Å². The fraction of sp³-hybridized carbons (Fsp3) is 0.629. The molecule has 0 radical (unpaired) electrons. The summed E-state index contributed by atoms with van der Waals surface area (Å²) in [7, 11) is 5.50. The Labute approximate surface area is 535 Å². The smallest absolute Gasteiger partial charge is 0.347 e. The maximum atomic E-state index is 16.0. The summed E-state index contributed by atoms with van der Waals surface area (Å²) in [6, 6.07) is 19.3. The number of benzene rings is 3. The topological polar surface area (TPSA) is 223 Å². The van der Waals surface area contributed by atoms with Gasteiger partial charge in [0.2, 0.25) is 0 Å². The Hall–Kier alpha value is -6.84. The van der Waals surface area contributed by atoms with Crippen molar-refractivity contribution in [2.24, 2.45) is 11.8 Å². The Bertz CT molecular complexity index is 2900. The first-order valence-corrected chi connectivity index (χ1v) is 32.4. The lowest BCUT2D eigenvalue weighted by atomic mass is 9.90. The fourth-order valence-electron chi connectivity index (χ4n) is 11.8. The van der Waals surface area contributed by atoms with Crippen molar-refractivity contribution >= 4 is 47.6 Å². The number of nitrogens with zero attached hydrogens (tertiary/aromatic N) is 3. The summed E-state index contributed by atoms with van der Waals surface area (Å²) in [4.78, 5) is 118. The number of carbonyl (C=O) groups is 8. The maximum Gasteiger partial charge on any atom is 0.347 e. The molecule has 8 atom stereocenters. The molecule has 21 heteroatoms. The van der Waals surface area contributed by atoms with Crippen LogP contribution in [0.1, 0.15) is 165 Å². The van der Waals surface area contributed by atoms with Gasteiger partial charge in [0.25, 0.3) is 17.7 Å². The highest BCUT2D eigenvalue weighted by molar-refractivity contribution is 5.93. The highest BCUT2D eigenvalue weighted by atomic mass is 19.1. The molecule has 4 aliphatic rings. The number of esters is 5. The number of halogens is 2. The fourth-order valence-corrected chi connectivity index (χ4v) is 11.8. The highest BCUT2D eigenvalue weighted by Gasteiger charge is 2.44. The minimum absolute atomic E-state index is 0.0184. The molecule has 2 heterocycles. The van der Waals surface area contributed by atoms with Crippen LogP contribution in [0, 0.1) is 11.8 Å². The monoisotopic (exact) mass is 1270 g/mol. The molecular weight excluding hydrogens is 1170 g/mol. The highest BCUT2D eigenvalue weighted by Crippen LogP contribution is 2.37. The van der Waals surface area contributed by atoms with E-state index in [9.17, 15) is 42.7 Å². The molecule has 0 aromatic heterocycles. The summed E-state index contributed by atoms with van der Waals surface area (Å²) < 4.78 is 71.2. The standard InChI is InChI=1S/C70H96F2N4O15/c1-44(88-66(82)56(38-47-16-17-47)75(9)63(79)60(91-65(81)55(73-7)41-69(3,4)71)40-49-22-27-52(28-23-49)54-32-36-86-37-33-54)61(77)76(10)58(42-70(5,6)72)68(84)90-59(29-24-46-20-25-51(26-21-46)53-30-34-85-35-31-53)62(78)74(8)57(39-48-18-19-48)67(83)89-45(2)64(80)87-43-50-14-12-11-13-15-50/h11-15,20-23,25-28,44-45,47-48,53-60,73H,16-19,24,29-43H2,1-10H3/t44-,45-,55+,56+,57+,58+,59-,60-/m1/s1. The summed E-state index contributed by atoms with van der Waals surface area (Å²) in [6.45, 7) is 10.3. The van der Waals surface area contributed by atoms with E-state index in [2.05, 4.69) is 5.32 Å². The number of rotatable bonds is 33. The molecule has 0 spiro atoms.